The van der Waals surface area contributed by atoms with E-state index in [1.807, 2.05) is 12.2 Å². The summed E-state index contributed by atoms with van der Waals surface area (Å²) in [5, 5.41) is 0. The number of rotatable bonds is 3. The van der Waals surface area contributed by atoms with Crippen LogP contribution in [0.5, 0.6) is 0 Å². The highest BCUT2D eigenvalue weighted by Crippen LogP contribution is 2.49. The maximum absolute atomic E-state index is 12.4. The molecule has 0 saturated heterocycles. The van der Waals surface area contributed by atoms with Crippen LogP contribution >= 0.6 is 0 Å². The van der Waals surface area contributed by atoms with E-state index in [0.29, 0.717) is 17.6 Å². The van der Waals surface area contributed by atoms with Crippen LogP contribution in [0, 0.1) is 11.3 Å². The third-order valence-corrected chi connectivity index (χ3v) is 4.67. The average molecular weight is 322 g/mol. The van der Waals surface area contributed by atoms with Crippen LogP contribution in [0.1, 0.15) is 32.1 Å². The van der Waals surface area contributed by atoms with E-state index in [9.17, 15) is 14.4 Å². The van der Waals surface area contributed by atoms with Crippen molar-refractivity contribution < 1.29 is 28.6 Å². The van der Waals surface area contributed by atoms with Crippen LogP contribution in [0.15, 0.2) is 23.3 Å². The van der Waals surface area contributed by atoms with E-state index in [0.717, 1.165) is 19.3 Å². The second-order valence-electron chi connectivity index (χ2n) is 5.82. The second kappa shape index (κ2) is 6.98. The van der Waals surface area contributed by atoms with Gasteiger partial charge in [-0.2, -0.15) is 0 Å². The molecule has 23 heavy (non-hydrogen) atoms. The molecule has 0 aromatic rings. The number of fused-ring (bicyclic) bond motifs is 1. The predicted molar refractivity (Wildman–Crippen MR) is 81.2 cm³/mol. The molecule has 0 radical (unpaired) electrons. The number of hydrogen-bond acceptors (Lipinski definition) is 6. The Morgan fingerprint density at radius 2 is 1.70 bits per heavy atom. The van der Waals surface area contributed by atoms with E-state index >= 15 is 0 Å². The Morgan fingerprint density at radius 3 is 2.26 bits per heavy atom. The average Bonchev–Trinajstić information content (AvgIpc) is 2.99. The molecule has 1 atom stereocenters. The summed E-state index contributed by atoms with van der Waals surface area (Å²) in [4.78, 5) is 36.9. The Bertz CT molecular complexity index is 556. The Labute approximate surface area is 135 Å². The van der Waals surface area contributed by atoms with Gasteiger partial charge in [-0.25, -0.2) is 4.79 Å². The Hall–Kier alpha value is -2.11. The quantitative estimate of drug-likeness (QED) is 0.449. The van der Waals surface area contributed by atoms with Crippen LogP contribution in [0.25, 0.3) is 0 Å². The lowest BCUT2D eigenvalue weighted by atomic mass is 9.73. The van der Waals surface area contributed by atoms with E-state index in [-0.39, 0.29) is 12.3 Å². The molecule has 0 aliphatic heterocycles. The van der Waals surface area contributed by atoms with Crippen molar-refractivity contribution in [2.24, 2.45) is 11.3 Å². The monoisotopic (exact) mass is 322 g/mol. The SMILES string of the molecule is COC(=O)/C1=C/CCCCC2C=C1CC2(C(=O)OC)C(=O)OC. The molecule has 0 aromatic heterocycles. The van der Waals surface area contributed by atoms with Gasteiger partial charge in [-0.15, -0.1) is 0 Å². The molecule has 6 nitrogen and oxygen atoms in total. The van der Waals surface area contributed by atoms with Crippen molar-refractivity contribution in [3.63, 3.8) is 0 Å². The molecule has 0 aromatic carbocycles. The van der Waals surface area contributed by atoms with Gasteiger partial charge in [0.05, 0.1) is 26.9 Å². The fourth-order valence-corrected chi connectivity index (χ4v) is 3.50. The molecule has 0 amide bonds. The van der Waals surface area contributed by atoms with Crippen LogP contribution in [-0.2, 0) is 28.6 Å². The summed E-state index contributed by atoms with van der Waals surface area (Å²) in [5.74, 6) is -2.04. The molecule has 0 N–H and O–H groups in total. The molecule has 0 heterocycles. The van der Waals surface area contributed by atoms with Gasteiger partial charge in [-0.1, -0.05) is 18.6 Å². The van der Waals surface area contributed by atoms with Gasteiger partial charge in [0.1, 0.15) is 0 Å². The summed E-state index contributed by atoms with van der Waals surface area (Å²) in [7, 11) is 3.83. The third kappa shape index (κ3) is 2.90. The molecule has 0 spiro atoms. The Morgan fingerprint density at radius 1 is 1.04 bits per heavy atom. The first-order valence-corrected chi connectivity index (χ1v) is 7.67. The minimum atomic E-state index is -1.41. The van der Waals surface area contributed by atoms with Gasteiger partial charge in [0, 0.05) is 12.3 Å². The summed E-state index contributed by atoms with van der Waals surface area (Å²) in [6, 6.07) is 0. The number of allylic oxidation sites excluding steroid dienone is 2. The maximum Gasteiger partial charge on any atom is 0.337 e. The highest BCUT2D eigenvalue weighted by molar-refractivity contribution is 6.03. The zero-order valence-electron chi connectivity index (χ0n) is 13.7. The molecule has 0 fully saturated rings. The van der Waals surface area contributed by atoms with Crippen LogP contribution in [-0.4, -0.2) is 39.2 Å². The van der Waals surface area contributed by atoms with Crippen molar-refractivity contribution in [3.8, 4) is 0 Å². The summed E-state index contributed by atoms with van der Waals surface area (Å²) in [6.07, 6.45) is 6.89. The Kier molecular flexibility index (Phi) is 5.23. The minimum Gasteiger partial charge on any atom is -0.468 e. The number of hydrogen-bond donors (Lipinski definition) is 0. The topological polar surface area (TPSA) is 78.9 Å². The third-order valence-electron chi connectivity index (χ3n) is 4.67. The smallest absolute Gasteiger partial charge is 0.337 e. The molecule has 6 heteroatoms. The number of ether oxygens (including phenoxy) is 3. The highest BCUT2D eigenvalue weighted by Gasteiger charge is 2.57. The molecule has 2 aliphatic carbocycles. The second-order valence-corrected chi connectivity index (χ2v) is 5.82. The summed E-state index contributed by atoms with van der Waals surface area (Å²) in [6.45, 7) is 0. The Balaban J connectivity index is 2.50. The van der Waals surface area contributed by atoms with Crippen LogP contribution < -0.4 is 0 Å². The first kappa shape index (κ1) is 17.2. The number of esters is 3. The van der Waals surface area contributed by atoms with Gasteiger partial charge >= 0.3 is 17.9 Å². The summed E-state index contributed by atoms with van der Waals surface area (Å²) >= 11 is 0. The molecular weight excluding hydrogens is 300 g/mol. The molecule has 2 rings (SSSR count). The van der Waals surface area contributed by atoms with E-state index in [1.165, 1.54) is 21.3 Å². The summed E-state index contributed by atoms with van der Waals surface area (Å²) in [5.41, 5.74) is -0.336. The lowest BCUT2D eigenvalue weighted by molar-refractivity contribution is -0.171. The van der Waals surface area contributed by atoms with Crippen molar-refractivity contribution in [2.45, 2.75) is 32.1 Å². The minimum absolute atomic E-state index is 0.0952. The largest absolute Gasteiger partial charge is 0.468 e. The zero-order chi connectivity index (χ0) is 17.0. The van der Waals surface area contributed by atoms with Gasteiger partial charge in [0.15, 0.2) is 5.41 Å². The zero-order valence-corrected chi connectivity index (χ0v) is 13.7. The van der Waals surface area contributed by atoms with Gasteiger partial charge in [0.25, 0.3) is 0 Å². The summed E-state index contributed by atoms with van der Waals surface area (Å²) < 4.78 is 14.6. The van der Waals surface area contributed by atoms with Gasteiger partial charge in [-0.3, -0.25) is 9.59 Å². The number of carbonyl (C=O) groups excluding carboxylic acids is 3. The molecule has 126 valence electrons. The lowest BCUT2D eigenvalue weighted by Gasteiger charge is -2.30. The van der Waals surface area contributed by atoms with Crippen molar-refractivity contribution in [1.29, 1.82) is 0 Å². The van der Waals surface area contributed by atoms with Crippen molar-refractivity contribution in [2.75, 3.05) is 21.3 Å². The maximum atomic E-state index is 12.4. The van der Waals surface area contributed by atoms with Crippen molar-refractivity contribution in [3.05, 3.63) is 23.3 Å². The van der Waals surface area contributed by atoms with Crippen LogP contribution in [0.3, 0.4) is 0 Å². The number of carbonyl (C=O) groups is 3. The fourth-order valence-electron chi connectivity index (χ4n) is 3.50. The van der Waals surface area contributed by atoms with E-state index in [4.69, 9.17) is 14.2 Å². The standard InChI is InChI=1S/C17H22O6/c1-21-14(18)13-8-6-4-5-7-12-9-11(13)10-17(12,15(19)22-2)16(20)23-3/h8-9,12H,4-7,10H2,1-3H3/b13-8+. The normalized spacial score (nSPS) is 24.9. The molecule has 0 saturated carbocycles. The van der Waals surface area contributed by atoms with E-state index < -0.39 is 23.3 Å². The first-order chi connectivity index (χ1) is 11.0. The van der Waals surface area contributed by atoms with Crippen molar-refractivity contribution in [1.82, 2.24) is 0 Å². The molecule has 1 unspecified atom stereocenters. The van der Waals surface area contributed by atoms with Crippen molar-refractivity contribution >= 4 is 17.9 Å². The van der Waals surface area contributed by atoms with Gasteiger partial charge in [-0.05, 0) is 24.8 Å². The molecule has 2 aliphatic rings. The predicted octanol–water partition coefficient (Wildman–Crippen LogP) is 1.94. The highest BCUT2D eigenvalue weighted by atomic mass is 16.5. The van der Waals surface area contributed by atoms with Crippen LogP contribution in [0.2, 0.25) is 0 Å². The molecule has 2 bridgehead atoms. The van der Waals surface area contributed by atoms with E-state index in [1.54, 1.807) is 0 Å². The van der Waals surface area contributed by atoms with E-state index in [2.05, 4.69) is 0 Å². The van der Waals surface area contributed by atoms with Crippen LogP contribution in [0.4, 0.5) is 0 Å². The fraction of sp³-hybridized carbons (Fsp3) is 0.588. The molecular formula is C17H22O6. The first-order valence-electron chi connectivity index (χ1n) is 7.67. The number of methoxy groups -OCH3 is 3. The van der Waals surface area contributed by atoms with Gasteiger partial charge < -0.3 is 14.2 Å². The lowest BCUT2D eigenvalue weighted by Crippen LogP contribution is -2.44. The van der Waals surface area contributed by atoms with Gasteiger partial charge in [0.2, 0.25) is 0 Å².